The molecule has 0 aliphatic heterocycles. The summed E-state index contributed by atoms with van der Waals surface area (Å²) in [6, 6.07) is 8.00. The molecule has 2 nitrogen and oxygen atoms in total. The van der Waals surface area contributed by atoms with Crippen LogP contribution in [-0.2, 0) is 12.6 Å². The van der Waals surface area contributed by atoms with E-state index in [0.29, 0.717) is 11.6 Å². The molecule has 0 amide bonds. The van der Waals surface area contributed by atoms with Gasteiger partial charge in [0.05, 0.1) is 11.7 Å². The largest absolute Gasteiger partial charge is 0.508 e. The van der Waals surface area contributed by atoms with Gasteiger partial charge in [-0.3, -0.25) is 0 Å². The van der Waals surface area contributed by atoms with Gasteiger partial charge in [-0.1, -0.05) is 18.2 Å². The topological polar surface area (TPSA) is 40.5 Å². The van der Waals surface area contributed by atoms with Crippen LogP contribution in [0.25, 0.3) is 0 Å². The molecular weight excluding hydrogens is 288 g/mol. The van der Waals surface area contributed by atoms with E-state index >= 15 is 0 Å². The first-order valence-corrected chi connectivity index (χ1v) is 6.10. The molecule has 21 heavy (non-hydrogen) atoms. The molecule has 2 N–H and O–H groups in total. The van der Waals surface area contributed by atoms with E-state index < -0.39 is 29.2 Å². The van der Waals surface area contributed by atoms with E-state index in [0.717, 1.165) is 12.1 Å². The summed E-state index contributed by atoms with van der Waals surface area (Å²) in [7, 11) is 0. The normalized spacial score (nSPS) is 13.2. The number of phenolic OH excluding ortho intramolecular Hbond substituents is 1. The number of aliphatic hydroxyl groups is 1. The number of benzene rings is 2. The van der Waals surface area contributed by atoms with Crippen molar-refractivity contribution in [1.29, 1.82) is 0 Å². The second-order valence-corrected chi connectivity index (χ2v) is 4.62. The van der Waals surface area contributed by atoms with Crippen molar-refractivity contribution in [3.63, 3.8) is 0 Å². The van der Waals surface area contributed by atoms with Gasteiger partial charge in [0.25, 0.3) is 0 Å². The maximum absolute atomic E-state index is 13.0. The van der Waals surface area contributed by atoms with E-state index in [-0.39, 0.29) is 12.2 Å². The maximum Gasteiger partial charge on any atom is 0.416 e. The zero-order valence-corrected chi connectivity index (χ0v) is 10.7. The van der Waals surface area contributed by atoms with Crippen LogP contribution in [0.3, 0.4) is 0 Å². The van der Waals surface area contributed by atoms with Gasteiger partial charge in [0, 0.05) is 6.42 Å². The summed E-state index contributed by atoms with van der Waals surface area (Å²) >= 11 is 0. The third-order valence-corrected chi connectivity index (χ3v) is 3.02. The van der Waals surface area contributed by atoms with E-state index in [9.17, 15) is 27.8 Å². The van der Waals surface area contributed by atoms with E-state index in [1.54, 1.807) is 6.07 Å². The molecule has 0 aliphatic carbocycles. The smallest absolute Gasteiger partial charge is 0.416 e. The summed E-state index contributed by atoms with van der Waals surface area (Å²) in [4.78, 5) is 0. The lowest BCUT2D eigenvalue weighted by atomic mass is 9.96. The quantitative estimate of drug-likeness (QED) is 0.846. The Hall–Kier alpha value is -2.08. The third-order valence-electron chi connectivity index (χ3n) is 3.02. The molecule has 0 spiro atoms. The van der Waals surface area contributed by atoms with Crippen LogP contribution in [0.5, 0.6) is 5.75 Å². The molecule has 0 saturated heterocycles. The van der Waals surface area contributed by atoms with E-state index in [2.05, 4.69) is 0 Å². The fraction of sp³-hybridized carbons (Fsp3) is 0.200. The molecule has 2 aromatic rings. The predicted molar refractivity (Wildman–Crippen MR) is 68.2 cm³/mol. The molecule has 112 valence electrons. The van der Waals surface area contributed by atoms with Crippen molar-refractivity contribution in [2.45, 2.75) is 18.7 Å². The minimum atomic E-state index is -4.75. The Morgan fingerprint density at radius 1 is 1.05 bits per heavy atom. The molecule has 6 heteroatoms. The SMILES string of the molecule is Oc1cccc(CC(O)c2ccc(F)cc2C(F)(F)F)c1. The van der Waals surface area contributed by atoms with Crippen LogP contribution in [0, 0.1) is 5.82 Å². The number of alkyl halides is 3. The number of phenols is 1. The molecule has 0 radical (unpaired) electrons. The standard InChI is InChI=1S/C15H12F4O2/c16-10-4-5-12(13(8-10)15(17,18)19)14(21)7-9-2-1-3-11(20)6-9/h1-6,8,14,20-21H,7H2. The summed E-state index contributed by atoms with van der Waals surface area (Å²) in [5, 5.41) is 19.3. The average molecular weight is 300 g/mol. The van der Waals surface area contributed by atoms with Gasteiger partial charge in [0.1, 0.15) is 11.6 Å². The van der Waals surface area contributed by atoms with Crippen LogP contribution in [-0.4, -0.2) is 10.2 Å². The summed E-state index contributed by atoms with van der Waals surface area (Å²) in [6.45, 7) is 0. The lowest BCUT2D eigenvalue weighted by molar-refractivity contribution is -0.139. The Morgan fingerprint density at radius 2 is 1.76 bits per heavy atom. The average Bonchev–Trinajstić information content (AvgIpc) is 2.37. The molecule has 0 fully saturated rings. The molecule has 0 heterocycles. The van der Waals surface area contributed by atoms with Crippen molar-refractivity contribution in [3.8, 4) is 5.75 Å². The third kappa shape index (κ3) is 3.72. The van der Waals surface area contributed by atoms with Gasteiger partial charge in [-0.2, -0.15) is 13.2 Å². The van der Waals surface area contributed by atoms with E-state index in [1.165, 1.54) is 18.2 Å². The molecule has 1 unspecified atom stereocenters. The minimum Gasteiger partial charge on any atom is -0.508 e. The molecule has 0 aromatic heterocycles. The summed E-state index contributed by atoms with van der Waals surface area (Å²) < 4.78 is 51.6. The monoisotopic (exact) mass is 300 g/mol. The number of hydrogen-bond acceptors (Lipinski definition) is 2. The lowest BCUT2D eigenvalue weighted by Crippen LogP contribution is -2.14. The molecule has 1 atom stereocenters. The molecule has 2 aromatic carbocycles. The van der Waals surface area contributed by atoms with Crippen molar-refractivity contribution in [2.75, 3.05) is 0 Å². The first-order chi connectivity index (χ1) is 9.77. The number of halogens is 4. The highest BCUT2D eigenvalue weighted by atomic mass is 19.4. The minimum absolute atomic E-state index is 0.0464. The fourth-order valence-electron chi connectivity index (χ4n) is 2.08. The zero-order valence-electron chi connectivity index (χ0n) is 10.7. The maximum atomic E-state index is 13.0. The Bertz CT molecular complexity index is 638. The highest BCUT2D eigenvalue weighted by molar-refractivity contribution is 5.34. The van der Waals surface area contributed by atoms with Crippen LogP contribution in [0.15, 0.2) is 42.5 Å². The predicted octanol–water partition coefficient (Wildman–Crippen LogP) is 3.83. The Balaban J connectivity index is 2.33. The van der Waals surface area contributed by atoms with Gasteiger partial charge in [-0.25, -0.2) is 4.39 Å². The second kappa shape index (κ2) is 5.73. The molecule has 0 aliphatic rings. The van der Waals surface area contributed by atoms with Crippen LogP contribution in [0.4, 0.5) is 17.6 Å². The molecular formula is C15H12F4O2. The first kappa shape index (κ1) is 15.3. The van der Waals surface area contributed by atoms with Gasteiger partial charge >= 0.3 is 6.18 Å². The zero-order chi connectivity index (χ0) is 15.6. The summed E-state index contributed by atoms with van der Waals surface area (Å²) in [5.41, 5.74) is -1.12. The van der Waals surface area contributed by atoms with Gasteiger partial charge < -0.3 is 10.2 Å². The Morgan fingerprint density at radius 3 is 2.38 bits per heavy atom. The fourth-order valence-corrected chi connectivity index (χ4v) is 2.08. The highest BCUT2D eigenvalue weighted by Gasteiger charge is 2.35. The van der Waals surface area contributed by atoms with Gasteiger partial charge in [0.15, 0.2) is 0 Å². The first-order valence-electron chi connectivity index (χ1n) is 6.10. The van der Waals surface area contributed by atoms with Crippen molar-refractivity contribution in [1.82, 2.24) is 0 Å². The molecule has 2 rings (SSSR count). The summed E-state index contributed by atoms with van der Waals surface area (Å²) in [5.74, 6) is -1.06. The lowest BCUT2D eigenvalue weighted by Gasteiger charge is -2.18. The molecule has 0 saturated carbocycles. The van der Waals surface area contributed by atoms with Gasteiger partial charge in [-0.15, -0.1) is 0 Å². The van der Waals surface area contributed by atoms with Gasteiger partial charge in [-0.05, 0) is 35.4 Å². The summed E-state index contributed by atoms with van der Waals surface area (Å²) in [6.07, 6.45) is -6.33. The van der Waals surface area contributed by atoms with E-state index in [1.807, 2.05) is 0 Å². The van der Waals surface area contributed by atoms with Gasteiger partial charge in [0.2, 0.25) is 0 Å². The van der Waals surface area contributed by atoms with Crippen molar-refractivity contribution in [3.05, 3.63) is 65.0 Å². The molecule has 0 bridgehead atoms. The van der Waals surface area contributed by atoms with E-state index in [4.69, 9.17) is 0 Å². The van der Waals surface area contributed by atoms with Crippen molar-refractivity contribution in [2.24, 2.45) is 0 Å². The van der Waals surface area contributed by atoms with Crippen LogP contribution in [0.2, 0.25) is 0 Å². The van der Waals surface area contributed by atoms with Crippen LogP contribution in [0.1, 0.15) is 22.8 Å². The van der Waals surface area contributed by atoms with Crippen molar-refractivity contribution >= 4 is 0 Å². The van der Waals surface area contributed by atoms with Crippen LogP contribution < -0.4 is 0 Å². The second-order valence-electron chi connectivity index (χ2n) is 4.62. The highest BCUT2D eigenvalue weighted by Crippen LogP contribution is 2.36. The van der Waals surface area contributed by atoms with Crippen LogP contribution >= 0.6 is 0 Å². The Kier molecular flexibility index (Phi) is 4.18. The Labute approximate surface area is 118 Å². The number of hydrogen-bond donors (Lipinski definition) is 2. The van der Waals surface area contributed by atoms with Crippen molar-refractivity contribution < 1.29 is 27.8 Å². The number of aliphatic hydroxyl groups excluding tert-OH is 1. The number of rotatable bonds is 3. The number of aromatic hydroxyl groups is 1.